The van der Waals surface area contributed by atoms with Gasteiger partial charge >= 0.3 is 5.97 Å². The highest BCUT2D eigenvalue weighted by Gasteiger charge is 2.23. The van der Waals surface area contributed by atoms with E-state index in [9.17, 15) is 14.7 Å². The average Bonchev–Trinajstić information content (AvgIpc) is 3.08. The maximum absolute atomic E-state index is 12.4. The lowest BCUT2D eigenvalue weighted by Crippen LogP contribution is -2.44. The van der Waals surface area contributed by atoms with Crippen LogP contribution >= 0.6 is 0 Å². The SMILES string of the molecule is Cc1ccc(OCC(=O)NC(Cc2c[nH]c3ccccc23)C(=O)O)c(C(C)(C)C)c1. The largest absolute Gasteiger partial charge is 0.483 e. The zero-order valence-corrected chi connectivity index (χ0v) is 17.8. The maximum atomic E-state index is 12.4. The van der Waals surface area contributed by atoms with Crippen molar-refractivity contribution in [3.05, 3.63) is 65.4 Å². The molecule has 6 heteroatoms. The second-order valence-corrected chi connectivity index (χ2v) is 8.56. The number of benzene rings is 2. The predicted octanol–water partition coefficient (Wildman–Crippen LogP) is 3.96. The Bertz CT molecular complexity index is 1060. The lowest BCUT2D eigenvalue weighted by Gasteiger charge is -2.23. The molecule has 0 aliphatic carbocycles. The monoisotopic (exact) mass is 408 g/mol. The first-order valence-corrected chi connectivity index (χ1v) is 9.96. The molecule has 2 aromatic carbocycles. The molecule has 0 fully saturated rings. The smallest absolute Gasteiger partial charge is 0.326 e. The minimum atomic E-state index is -1.08. The Morgan fingerprint density at radius 3 is 2.60 bits per heavy atom. The van der Waals surface area contributed by atoms with Crippen molar-refractivity contribution in [2.24, 2.45) is 0 Å². The number of aromatic amines is 1. The number of para-hydroxylation sites is 1. The summed E-state index contributed by atoms with van der Waals surface area (Å²) in [5, 5.41) is 13.1. The molecule has 158 valence electrons. The number of H-pyrrole nitrogens is 1. The number of carboxylic acids is 1. The summed E-state index contributed by atoms with van der Waals surface area (Å²) in [7, 11) is 0. The molecule has 3 N–H and O–H groups in total. The number of aliphatic carboxylic acids is 1. The minimum absolute atomic E-state index is 0.142. The molecule has 0 radical (unpaired) electrons. The summed E-state index contributed by atoms with van der Waals surface area (Å²) in [5.74, 6) is -0.922. The molecule has 0 saturated carbocycles. The summed E-state index contributed by atoms with van der Waals surface area (Å²) in [6, 6.07) is 12.4. The number of carbonyl (C=O) groups is 2. The predicted molar refractivity (Wildman–Crippen MR) is 117 cm³/mol. The Balaban J connectivity index is 1.67. The zero-order valence-electron chi connectivity index (χ0n) is 17.8. The van der Waals surface area contributed by atoms with Gasteiger partial charge in [-0.15, -0.1) is 0 Å². The Morgan fingerprint density at radius 1 is 1.17 bits per heavy atom. The second kappa shape index (κ2) is 8.61. The third-order valence-corrected chi connectivity index (χ3v) is 5.03. The topological polar surface area (TPSA) is 91.4 Å². The number of aryl methyl sites for hydroxylation is 1. The number of hydrogen-bond acceptors (Lipinski definition) is 3. The molecular weight excluding hydrogens is 380 g/mol. The van der Waals surface area contributed by atoms with Gasteiger partial charge in [-0.3, -0.25) is 4.79 Å². The number of fused-ring (bicyclic) bond motifs is 1. The number of hydrogen-bond donors (Lipinski definition) is 3. The van der Waals surface area contributed by atoms with Gasteiger partial charge < -0.3 is 20.1 Å². The van der Waals surface area contributed by atoms with Crippen LogP contribution in [0.3, 0.4) is 0 Å². The van der Waals surface area contributed by atoms with E-state index >= 15 is 0 Å². The number of ether oxygens (including phenoxy) is 1. The zero-order chi connectivity index (χ0) is 21.9. The van der Waals surface area contributed by atoms with Gasteiger partial charge in [0, 0.05) is 23.5 Å². The first-order valence-electron chi connectivity index (χ1n) is 9.96. The van der Waals surface area contributed by atoms with Gasteiger partial charge in [0.1, 0.15) is 11.8 Å². The lowest BCUT2D eigenvalue weighted by atomic mass is 9.85. The first kappa shape index (κ1) is 21.4. The van der Waals surface area contributed by atoms with Crippen molar-refractivity contribution in [2.45, 2.75) is 45.6 Å². The van der Waals surface area contributed by atoms with E-state index < -0.39 is 17.9 Å². The van der Waals surface area contributed by atoms with Gasteiger partial charge in [0.25, 0.3) is 5.91 Å². The van der Waals surface area contributed by atoms with Crippen molar-refractivity contribution < 1.29 is 19.4 Å². The molecule has 6 nitrogen and oxygen atoms in total. The first-order chi connectivity index (χ1) is 14.1. The molecule has 1 aromatic heterocycles. The van der Waals surface area contributed by atoms with E-state index in [0.717, 1.165) is 27.6 Å². The van der Waals surface area contributed by atoms with E-state index in [0.29, 0.717) is 5.75 Å². The van der Waals surface area contributed by atoms with Gasteiger partial charge in [0.15, 0.2) is 6.61 Å². The standard InChI is InChI=1S/C24H28N2O4/c1-15-9-10-21(18(11-15)24(2,3)4)30-14-22(27)26-20(23(28)29)12-16-13-25-19-8-6-5-7-17(16)19/h5-11,13,20,25H,12,14H2,1-4H3,(H,26,27)(H,28,29). The summed E-state index contributed by atoms with van der Waals surface area (Å²) in [6.45, 7) is 8.00. The summed E-state index contributed by atoms with van der Waals surface area (Å²) in [4.78, 5) is 27.3. The van der Waals surface area contributed by atoms with E-state index in [1.54, 1.807) is 6.20 Å². The van der Waals surface area contributed by atoms with Crippen molar-refractivity contribution >= 4 is 22.8 Å². The molecule has 1 atom stereocenters. The molecule has 1 amide bonds. The fourth-order valence-corrected chi connectivity index (χ4v) is 3.46. The molecule has 0 aliphatic heterocycles. The van der Waals surface area contributed by atoms with E-state index in [1.807, 2.05) is 49.4 Å². The molecular formula is C24H28N2O4. The summed E-state index contributed by atoms with van der Waals surface area (Å²) in [5.41, 5.74) is 3.75. The van der Waals surface area contributed by atoms with Crippen LogP contribution in [0, 0.1) is 6.92 Å². The molecule has 0 bridgehead atoms. The van der Waals surface area contributed by atoms with Gasteiger partial charge in [0.2, 0.25) is 0 Å². The number of rotatable bonds is 7. The molecule has 30 heavy (non-hydrogen) atoms. The Morgan fingerprint density at radius 2 is 1.90 bits per heavy atom. The third kappa shape index (κ3) is 5.00. The normalized spacial score (nSPS) is 12.5. The molecule has 3 aromatic rings. The lowest BCUT2D eigenvalue weighted by molar-refractivity contribution is -0.142. The molecule has 1 heterocycles. The number of carboxylic acid groups (broad SMARTS) is 1. The van der Waals surface area contributed by atoms with E-state index in [-0.39, 0.29) is 18.4 Å². The van der Waals surface area contributed by atoms with Crippen LogP contribution in [0.25, 0.3) is 10.9 Å². The Kier molecular flexibility index (Phi) is 6.15. The van der Waals surface area contributed by atoms with Gasteiger partial charge in [-0.1, -0.05) is 56.7 Å². The highest BCUT2D eigenvalue weighted by atomic mass is 16.5. The fourth-order valence-electron chi connectivity index (χ4n) is 3.46. The summed E-state index contributed by atoms with van der Waals surface area (Å²) in [6.07, 6.45) is 1.97. The summed E-state index contributed by atoms with van der Waals surface area (Å²) < 4.78 is 5.76. The van der Waals surface area contributed by atoms with Crippen LogP contribution in [0.1, 0.15) is 37.5 Å². The molecule has 0 saturated heterocycles. The second-order valence-electron chi connectivity index (χ2n) is 8.56. The minimum Gasteiger partial charge on any atom is -0.483 e. The maximum Gasteiger partial charge on any atom is 0.326 e. The van der Waals surface area contributed by atoms with Gasteiger partial charge in [-0.05, 0) is 35.6 Å². The van der Waals surface area contributed by atoms with Gasteiger partial charge in [0.05, 0.1) is 0 Å². The van der Waals surface area contributed by atoms with Gasteiger partial charge in [-0.2, -0.15) is 0 Å². The van der Waals surface area contributed by atoms with Crippen LogP contribution in [0.2, 0.25) is 0 Å². The molecule has 0 spiro atoms. The van der Waals surface area contributed by atoms with Gasteiger partial charge in [-0.25, -0.2) is 4.79 Å². The number of amides is 1. The Hall–Kier alpha value is -3.28. The van der Waals surface area contributed by atoms with Crippen LogP contribution in [-0.2, 0) is 21.4 Å². The van der Waals surface area contributed by atoms with Crippen molar-refractivity contribution in [1.29, 1.82) is 0 Å². The van der Waals surface area contributed by atoms with Crippen LogP contribution in [0.4, 0.5) is 0 Å². The van der Waals surface area contributed by atoms with Crippen molar-refractivity contribution in [2.75, 3.05) is 6.61 Å². The van der Waals surface area contributed by atoms with Crippen molar-refractivity contribution in [3.8, 4) is 5.75 Å². The van der Waals surface area contributed by atoms with E-state index in [2.05, 4.69) is 31.1 Å². The van der Waals surface area contributed by atoms with E-state index in [4.69, 9.17) is 4.74 Å². The van der Waals surface area contributed by atoms with Crippen LogP contribution in [-0.4, -0.2) is 34.6 Å². The third-order valence-electron chi connectivity index (χ3n) is 5.03. The highest BCUT2D eigenvalue weighted by molar-refractivity contribution is 5.87. The van der Waals surface area contributed by atoms with Crippen molar-refractivity contribution in [3.63, 3.8) is 0 Å². The average molecular weight is 408 g/mol. The van der Waals surface area contributed by atoms with Crippen LogP contribution < -0.4 is 10.1 Å². The fraction of sp³-hybridized carbons (Fsp3) is 0.333. The number of aromatic nitrogens is 1. The number of nitrogens with one attached hydrogen (secondary N) is 2. The summed E-state index contributed by atoms with van der Waals surface area (Å²) >= 11 is 0. The van der Waals surface area contributed by atoms with Crippen LogP contribution in [0.15, 0.2) is 48.7 Å². The number of carbonyl (C=O) groups excluding carboxylic acids is 1. The van der Waals surface area contributed by atoms with E-state index in [1.165, 1.54) is 0 Å². The quantitative estimate of drug-likeness (QED) is 0.552. The molecule has 1 unspecified atom stereocenters. The Labute approximate surface area is 176 Å². The van der Waals surface area contributed by atoms with Crippen LogP contribution in [0.5, 0.6) is 5.75 Å². The molecule has 0 aliphatic rings. The van der Waals surface area contributed by atoms with Crippen molar-refractivity contribution in [1.82, 2.24) is 10.3 Å². The highest BCUT2D eigenvalue weighted by Crippen LogP contribution is 2.32. The molecule has 3 rings (SSSR count).